The fraction of sp³-hybridized carbons (Fsp3) is 0.533. The lowest BCUT2D eigenvalue weighted by Gasteiger charge is -2.29. The highest BCUT2D eigenvalue weighted by molar-refractivity contribution is 9.10. The predicted octanol–water partition coefficient (Wildman–Crippen LogP) is 2.94. The molecule has 2 atom stereocenters. The van der Waals surface area contributed by atoms with E-state index in [9.17, 15) is 9.18 Å². The molecule has 1 aromatic rings. The number of hydrogen-bond donors (Lipinski definition) is 1. The lowest BCUT2D eigenvalue weighted by Crippen LogP contribution is -2.46. The summed E-state index contributed by atoms with van der Waals surface area (Å²) in [5.41, 5.74) is 0.432. The Morgan fingerprint density at radius 2 is 2.15 bits per heavy atom. The van der Waals surface area contributed by atoms with Crippen LogP contribution >= 0.6 is 15.9 Å². The minimum atomic E-state index is -0.377. The van der Waals surface area contributed by atoms with Crippen molar-refractivity contribution in [1.82, 2.24) is 10.2 Å². The zero-order chi connectivity index (χ0) is 14.1. The topological polar surface area (TPSA) is 32.3 Å². The van der Waals surface area contributed by atoms with Crippen LogP contribution in [0.5, 0.6) is 0 Å². The van der Waals surface area contributed by atoms with Crippen molar-refractivity contribution in [2.24, 2.45) is 0 Å². The average Bonchev–Trinajstić information content (AvgIpc) is 3.07. The molecule has 0 saturated carbocycles. The number of carbonyl (C=O) groups is 1. The molecule has 108 valence electrons. The number of nitrogens with zero attached hydrogens (tertiary/aromatic N) is 1. The maximum absolute atomic E-state index is 13.5. The van der Waals surface area contributed by atoms with Crippen LogP contribution in [-0.2, 0) is 0 Å². The van der Waals surface area contributed by atoms with Crippen LogP contribution in [0.25, 0.3) is 0 Å². The first-order valence-corrected chi connectivity index (χ1v) is 7.95. The molecule has 2 heterocycles. The normalized spacial score (nSPS) is 26.2. The van der Waals surface area contributed by atoms with E-state index in [4.69, 9.17) is 0 Å². The summed E-state index contributed by atoms with van der Waals surface area (Å²) in [5.74, 6) is -0.432. The van der Waals surface area contributed by atoms with Gasteiger partial charge in [-0.2, -0.15) is 0 Å². The Bertz CT molecular complexity index is 496. The van der Waals surface area contributed by atoms with Crippen LogP contribution in [-0.4, -0.2) is 36.0 Å². The van der Waals surface area contributed by atoms with Crippen molar-refractivity contribution in [2.75, 3.05) is 13.1 Å². The van der Waals surface area contributed by atoms with E-state index < -0.39 is 0 Å². The van der Waals surface area contributed by atoms with Gasteiger partial charge in [-0.1, -0.05) is 15.9 Å². The Hall–Kier alpha value is -0.940. The van der Waals surface area contributed by atoms with Gasteiger partial charge in [0.25, 0.3) is 5.91 Å². The van der Waals surface area contributed by atoms with Crippen LogP contribution in [0.1, 0.15) is 36.0 Å². The molecule has 3 rings (SSSR count). The van der Waals surface area contributed by atoms with Gasteiger partial charge in [0.1, 0.15) is 5.82 Å². The molecule has 2 saturated heterocycles. The lowest BCUT2D eigenvalue weighted by atomic mass is 10.0. The minimum Gasteiger partial charge on any atom is -0.334 e. The highest BCUT2D eigenvalue weighted by atomic mass is 79.9. The summed E-state index contributed by atoms with van der Waals surface area (Å²) in [6, 6.07) is 5.05. The maximum Gasteiger partial charge on any atom is 0.254 e. The second-order valence-corrected chi connectivity index (χ2v) is 6.48. The van der Waals surface area contributed by atoms with Gasteiger partial charge in [0.2, 0.25) is 0 Å². The Balaban J connectivity index is 1.81. The standard InChI is InChI=1S/C15H18BrFN2O/c16-11-7-10(8-12(17)9-11)15(20)19-6-2-4-14(19)13-3-1-5-18-13/h7-9,13-14,18H,1-6H2. The molecule has 2 aliphatic heterocycles. The third-order valence-electron chi connectivity index (χ3n) is 4.23. The number of nitrogens with one attached hydrogen (secondary N) is 1. The van der Waals surface area contributed by atoms with E-state index in [0.717, 1.165) is 32.4 Å². The van der Waals surface area contributed by atoms with Crippen LogP contribution in [0, 0.1) is 5.82 Å². The van der Waals surface area contributed by atoms with Crippen LogP contribution in [0.4, 0.5) is 4.39 Å². The van der Waals surface area contributed by atoms with Crippen molar-refractivity contribution in [3.63, 3.8) is 0 Å². The fourth-order valence-electron chi connectivity index (χ4n) is 3.35. The summed E-state index contributed by atoms with van der Waals surface area (Å²) in [5, 5.41) is 3.48. The second kappa shape index (κ2) is 5.82. The maximum atomic E-state index is 13.5. The second-order valence-electron chi connectivity index (χ2n) is 5.57. The van der Waals surface area contributed by atoms with Crippen molar-refractivity contribution >= 4 is 21.8 Å². The van der Waals surface area contributed by atoms with Crippen LogP contribution in [0.3, 0.4) is 0 Å². The molecule has 5 heteroatoms. The summed E-state index contributed by atoms with van der Waals surface area (Å²) < 4.78 is 14.1. The Labute approximate surface area is 126 Å². The summed E-state index contributed by atoms with van der Waals surface area (Å²) >= 11 is 3.25. The first-order valence-electron chi connectivity index (χ1n) is 7.15. The number of hydrogen-bond acceptors (Lipinski definition) is 2. The molecule has 0 aromatic heterocycles. The molecule has 2 unspecified atom stereocenters. The largest absolute Gasteiger partial charge is 0.334 e. The van der Waals surface area contributed by atoms with Gasteiger partial charge in [0.15, 0.2) is 0 Å². The van der Waals surface area contributed by atoms with Gasteiger partial charge in [-0.15, -0.1) is 0 Å². The van der Waals surface area contributed by atoms with Crippen molar-refractivity contribution in [3.05, 3.63) is 34.1 Å². The Morgan fingerprint density at radius 1 is 1.30 bits per heavy atom. The van der Waals surface area contributed by atoms with Crippen molar-refractivity contribution < 1.29 is 9.18 Å². The number of carbonyl (C=O) groups excluding carboxylic acids is 1. The van der Waals surface area contributed by atoms with Crippen LogP contribution in [0.2, 0.25) is 0 Å². The van der Waals surface area contributed by atoms with Crippen LogP contribution in [0.15, 0.2) is 22.7 Å². The van der Waals surface area contributed by atoms with Gasteiger partial charge in [-0.3, -0.25) is 4.79 Å². The third-order valence-corrected chi connectivity index (χ3v) is 4.69. The fourth-order valence-corrected chi connectivity index (χ4v) is 3.81. The number of benzene rings is 1. The van der Waals surface area contributed by atoms with E-state index in [1.54, 1.807) is 6.07 Å². The molecular formula is C15H18BrFN2O. The van der Waals surface area contributed by atoms with Crippen LogP contribution < -0.4 is 5.32 Å². The van der Waals surface area contributed by atoms with Gasteiger partial charge in [0.05, 0.1) is 0 Å². The zero-order valence-electron chi connectivity index (χ0n) is 11.2. The highest BCUT2D eigenvalue weighted by Crippen LogP contribution is 2.27. The first kappa shape index (κ1) is 14.0. The molecule has 1 N–H and O–H groups in total. The molecule has 2 aliphatic rings. The average molecular weight is 341 g/mol. The zero-order valence-corrected chi connectivity index (χ0v) is 12.8. The molecule has 20 heavy (non-hydrogen) atoms. The summed E-state index contributed by atoms with van der Waals surface area (Å²) in [4.78, 5) is 14.5. The molecule has 0 radical (unpaired) electrons. The third kappa shape index (κ3) is 2.74. The molecule has 0 bridgehead atoms. The van der Waals surface area contributed by atoms with Crippen molar-refractivity contribution in [1.29, 1.82) is 0 Å². The highest BCUT2D eigenvalue weighted by Gasteiger charge is 2.36. The van der Waals surface area contributed by atoms with Gasteiger partial charge in [-0.25, -0.2) is 4.39 Å². The molecule has 3 nitrogen and oxygen atoms in total. The van der Waals surface area contributed by atoms with Crippen molar-refractivity contribution in [2.45, 2.75) is 37.8 Å². The molecule has 1 aromatic carbocycles. The van der Waals surface area contributed by atoms with E-state index in [1.807, 2.05) is 4.90 Å². The summed E-state index contributed by atoms with van der Waals surface area (Å²) in [6.07, 6.45) is 4.38. The van der Waals surface area contributed by atoms with Gasteiger partial charge < -0.3 is 10.2 Å². The number of rotatable bonds is 2. The monoisotopic (exact) mass is 340 g/mol. The van der Waals surface area contributed by atoms with E-state index in [-0.39, 0.29) is 17.8 Å². The van der Waals surface area contributed by atoms with Gasteiger partial charge in [-0.05, 0) is 50.4 Å². The van der Waals surface area contributed by atoms with E-state index >= 15 is 0 Å². The Morgan fingerprint density at radius 3 is 2.85 bits per heavy atom. The smallest absolute Gasteiger partial charge is 0.254 e. The molecule has 0 spiro atoms. The predicted molar refractivity (Wildman–Crippen MR) is 79.2 cm³/mol. The molecule has 1 amide bonds. The quantitative estimate of drug-likeness (QED) is 0.897. The number of likely N-dealkylation sites (tertiary alicyclic amines) is 1. The van der Waals surface area contributed by atoms with E-state index in [1.165, 1.54) is 18.6 Å². The Kier molecular flexibility index (Phi) is 4.08. The number of halogens is 2. The van der Waals surface area contributed by atoms with E-state index in [2.05, 4.69) is 21.2 Å². The summed E-state index contributed by atoms with van der Waals surface area (Å²) in [6.45, 7) is 1.81. The first-order chi connectivity index (χ1) is 9.65. The molecule has 2 fully saturated rings. The number of amides is 1. The van der Waals surface area contributed by atoms with Gasteiger partial charge in [0, 0.05) is 28.7 Å². The minimum absolute atomic E-state index is 0.0543. The molecule has 0 aliphatic carbocycles. The lowest BCUT2D eigenvalue weighted by molar-refractivity contribution is 0.0711. The molecular weight excluding hydrogens is 323 g/mol. The van der Waals surface area contributed by atoms with E-state index in [0.29, 0.717) is 16.1 Å². The summed E-state index contributed by atoms with van der Waals surface area (Å²) in [7, 11) is 0. The van der Waals surface area contributed by atoms with Gasteiger partial charge >= 0.3 is 0 Å². The SMILES string of the molecule is O=C(c1cc(F)cc(Br)c1)N1CCCC1C1CCCN1. The van der Waals surface area contributed by atoms with Crippen molar-refractivity contribution in [3.8, 4) is 0 Å².